The predicted octanol–water partition coefficient (Wildman–Crippen LogP) is 0.644. The summed E-state index contributed by atoms with van der Waals surface area (Å²) >= 11 is 0. The highest BCUT2D eigenvalue weighted by molar-refractivity contribution is 7.89. The average molecular weight is 256 g/mol. The van der Waals surface area contributed by atoms with Crippen molar-refractivity contribution in [2.75, 3.05) is 18.9 Å². The van der Waals surface area contributed by atoms with Crippen LogP contribution in [0.3, 0.4) is 0 Å². The molecule has 6 heteroatoms. The Hall–Kier alpha value is -1.11. The molecule has 1 aromatic rings. The molecule has 0 bridgehead atoms. The minimum absolute atomic E-state index is 0.137. The van der Waals surface area contributed by atoms with E-state index in [2.05, 4.69) is 4.72 Å². The van der Waals surface area contributed by atoms with Crippen molar-refractivity contribution >= 4 is 15.7 Å². The predicted molar refractivity (Wildman–Crippen MR) is 65.1 cm³/mol. The molecule has 1 aliphatic heterocycles. The lowest BCUT2D eigenvalue weighted by molar-refractivity contribution is 0.192. The molecule has 1 unspecified atom stereocenters. The first-order chi connectivity index (χ1) is 7.99. The third-order valence-electron chi connectivity index (χ3n) is 2.81. The molecule has 94 valence electrons. The number of rotatable bonds is 3. The molecule has 0 aromatic heterocycles. The van der Waals surface area contributed by atoms with Gasteiger partial charge in [-0.25, -0.2) is 13.1 Å². The van der Waals surface area contributed by atoms with Crippen LogP contribution in [0.1, 0.15) is 12.0 Å². The van der Waals surface area contributed by atoms with E-state index in [1.807, 2.05) is 6.92 Å². The summed E-state index contributed by atoms with van der Waals surface area (Å²) in [5, 5.41) is 0. The van der Waals surface area contributed by atoms with Crippen molar-refractivity contribution in [3.05, 3.63) is 23.8 Å². The first-order valence-corrected chi connectivity index (χ1v) is 6.93. The summed E-state index contributed by atoms with van der Waals surface area (Å²) < 4.78 is 31.8. The molecule has 5 nitrogen and oxygen atoms in total. The zero-order valence-electron chi connectivity index (χ0n) is 9.64. The number of benzene rings is 1. The fraction of sp³-hybridized carbons (Fsp3) is 0.455. The van der Waals surface area contributed by atoms with E-state index in [0.29, 0.717) is 25.3 Å². The molecule has 1 saturated heterocycles. The molecule has 3 N–H and O–H groups in total. The zero-order valence-corrected chi connectivity index (χ0v) is 10.5. The summed E-state index contributed by atoms with van der Waals surface area (Å²) in [6, 6.07) is 4.61. The Morgan fingerprint density at radius 3 is 2.82 bits per heavy atom. The maximum atomic E-state index is 12.0. The summed E-state index contributed by atoms with van der Waals surface area (Å²) in [5.41, 5.74) is 7.06. The van der Waals surface area contributed by atoms with Gasteiger partial charge in [0.15, 0.2) is 0 Å². The van der Waals surface area contributed by atoms with Crippen LogP contribution in [-0.2, 0) is 14.8 Å². The van der Waals surface area contributed by atoms with Crippen LogP contribution >= 0.6 is 0 Å². The lowest BCUT2D eigenvalue weighted by Gasteiger charge is -2.12. The summed E-state index contributed by atoms with van der Waals surface area (Å²) in [5.74, 6) is 0. The monoisotopic (exact) mass is 256 g/mol. The Balaban J connectivity index is 2.21. The molecule has 1 aliphatic rings. The second-order valence-electron chi connectivity index (χ2n) is 4.20. The molecule has 0 spiro atoms. The first kappa shape index (κ1) is 12.3. The van der Waals surface area contributed by atoms with Gasteiger partial charge in [-0.15, -0.1) is 0 Å². The molecule has 1 heterocycles. The smallest absolute Gasteiger partial charge is 0.240 e. The van der Waals surface area contributed by atoms with Crippen LogP contribution < -0.4 is 10.5 Å². The van der Waals surface area contributed by atoms with Crippen LogP contribution in [0.15, 0.2) is 23.1 Å². The van der Waals surface area contributed by atoms with Gasteiger partial charge in [-0.2, -0.15) is 0 Å². The number of nitrogens with two attached hydrogens (primary N) is 1. The fourth-order valence-corrected chi connectivity index (χ4v) is 2.99. The van der Waals surface area contributed by atoms with Gasteiger partial charge in [-0.05, 0) is 31.0 Å². The Morgan fingerprint density at radius 1 is 1.47 bits per heavy atom. The molecule has 2 rings (SSSR count). The fourth-order valence-electron chi connectivity index (χ4n) is 1.70. The van der Waals surface area contributed by atoms with Crippen LogP contribution in [0, 0.1) is 6.92 Å². The standard InChI is InChI=1S/C11H16N2O3S/c1-8-2-3-10(6-11(8)12)17(14,15)13-9-4-5-16-7-9/h2-3,6,9,13H,4-5,7,12H2,1H3. The van der Waals surface area contributed by atoms with Crippen LogP contribution in [0.4, 0.5) is 5.69 Å². The molecular weight excluding hydrogens is 240 g/mol. The molecular formula is C11H16N2O3S. The first-order valence-electron chi connectivity index (χ1n) is 5.45. The Kier molecular flexibility index (Phi) is 3.37. The Morgan fingerprint density at radius 2 is 2.24 bits per heavy atom. The summed E-state index contributed by atoms with van der Waals surface area (Å²) in [7, 11) is -3.49. The largest absolute Gasteiger partial charge is 0.398 e. The van der Waals surface area contributed by atoms with Crippen molar-refractivity contribution in [3.8, 4) is 0 Å². The molecule has 0 aliphatic carbocycles. The number of ether oxygens (including phenoxy) is 1. The summed E-state index contributed by atoms with van der Waals surface area (Å²) in [6.45, 7) is 2.87. The van der Waals surface area contributed by atoms with Crippen LogP contribution in [-0.4, -0.2) is 27.7 Å². The molecule has 1 fully saturated rings. The second-order valence-corrected chi connectivity index (χ2v) is 5.91. The van der Waals surface area contributed by atoms with Gasteiger partial charge in [-0.1, -0.05) is 6.07 Å². The van der Waals surface area contributed by atoms with Crippen molar-refractivity contribution in [3.63, 3.8) is 0 Å². The van der Waals surface area contributed by atoms with Crippen molar-refractivity contribution < 1.29 is 13.2 Å². The minimum Gasteiger partial charge on any atom is -0.398 e. The van der Waals surface area contributed by atoms with Crippen LogP contribution in [0.5, 0.6) is 0 Å². The number of sulfonamides is 1. The third-order valence-corrected chi connectivity index (χ3v) is 4.33. The van der Waals surface area contributed by atoms with Crippen LogP contribution in [0.25, 0.3) is 0 Å². The number of aryl methyl sites for hydroxylation is 1. The molecule has 1 atom stereocenters. The Bertz CT molecular complexity index is 507. The van der Waals surface area contributed by atoms with Crippen molar-refractivity contribution in [2.24, 2.45) is 0 Å². The van der Waals surface area contributed by atoms with E-state index < -0.39 is 10.0 Å². The van der Waals surface area contributed by atoms with Gasteiger partial charge < -0.3 is 10.5 Å². The molecule has 0 saturated carbocycles. The van der Waals surface area contributed by atoms with E-state index in [9.17, 15) is 8.42 Å². The van der Waals surface area contributed by atoms with E-state index in [1.165, 1.54) is 6.07 Å². The third kappa shape index (κ3) is 2.77. The van der Waals surface area contributed by atoms with Gasteiger partial charge in [-0.3, -0.25) is 0 Å². The number of nitrogens with one attached hydrogen (secondary N) is 1. The molecule has 17 heavy (non-hydrogen) atoms. The van der Waals surface area contributed by atoms with Gasteiger partial charge >= 0.3 is 0 Å². The second kappa shape index (κ2) is 4.64. The lowest BCUT2D eigenvalue weighted by atomic mass is 10.2. The van der Waals surface area contributed by atoms with E-state index >= 15 is 0 Å². The van der Waals surface area contributed by atoms with E-state index in [-0.39, 0.29) is 10.9 Å². The number of hydrogen-bond donors (Lipinski definition) is 2. The maximum absolute atomic E-state index is 12.0. The molecule has 0 amide bonds. The van der Waals surface area contributed by atoms with Crippen molar-refractivity contribution in [1.29, 1.82) is 0 Å². The van der Waals surface area contributed by atoms with Gasteiger partial charge in [0.1, 0.15) is 0 Å². The van der Waals surface area contributed by atoms with Gasteiger partial charge in [0.2, 0.25) is 10.0 Å². The normalized spacial score (nSPS) is 20.6. The highest BCUT2D eigenvalue weighted by Crippen LogP contribution is 2.18. The number of hydrogen-bond acceptors (Lipinski definition) is 4. The van der Waals surface area contributed by atoms with E-state index in [1.54, 1.807) is 12.1 Å². The quantitative estimate of drug-likeness (QED) is 0.778. The van der Waals surface area contributed by atoms with Crippen LogP contribution in [0.2, 0.25) is 0 Å². The molecule has 1 aromatic carbocycles. The number of anilines is 1. The topological polar surface area (TPSA) is 81.4 Å². The SMILES string of the molecule is Cc1ccc(S(=O)(=O)NC2CCOC2)cc1N. The highest BCUT2D eigenvalue weighted by atomic mass is 32.2. The molecule has 0 radical (unpaired) electrons. The van der Waals surface area contributed by atoms with Crippen molar-refractivity contribution in [1.82, 2.24) is 4.72 Å². The summed E-state index contributed by atoms with van der Waals surface area (Å²) in [4.78, 5) is 0.201. The maximum Gasteiger partial charge on any atom is 0.240 e. The van der Waals surface area contributed by atoms with Gasteiger partial charge in [0.25, 0.3) is 0 Å². The average Bonchev–Trinajstić information content (AvgIpc) is 2.73. The minimum atomic E-state index is -3.49. The zero-order chi connectivity index (χ0) is 12.5. The highest BCUT2D eigenvalue weighted by Gasteiger charge is 2.23. The summed E-state index contributed by atoms with van der Waals surface area (Å²) in [6.07, 6.45) is 0.709. The Labute approximate surface area is 101 Å². The van der Waals surface area contributed by atoms with Crippen molar-refractivity contribution in [2.45, 2.75) is 24.3 Å². The van der Waals surface area contributed by atoms with E-state index in [4.69, 9.17) is 10.5 Å². The number of nitrogen functional groups attached to an aromatic ring is 1. The van der Waals surface area contributed by atoms with Gasteiger partial charge in [0, 0.05) is 18.3 Å². The van der Waals surface area contributed by atoms with Gasteiger partial charge in [0.05, 0.1) is 11.5 Å². The lowest BCUT2D eigenvalue weighted by Crippen LogP contribution is -2.35. The van der Waals surface area contributed by atoms with E-state index in [0.717, 1.165) is 5.56 Å².